The Kier molecular flexibility index (Phi) is 3.65. The average molecular weight is 400 g/mol. The lowest BCUT2D eigenvalue weighted by Crippen LogP contribution is -2.35. The molecule has 154 valence electrons. The van der Waals surface area contributed by atoms with Crippen LogP contribution >= 0.6 is 0 Å². The van der Waals surface area contributed by atoms with Crippen LogP contribution in [0.1, 0.15) is 37.0 Å². The Labute approximate surface area is 169 Å². The van der Waals surface area contributed by atoms with Gasteiger partial charge in [-0.1, -0.05) is 13.8 Å². The van der Waals surface area contributed by atoms with Gasteiger partial charge in [0.2, 0.25) is 19.3 Å². The van der Waals surface area contributed by atoms with E-state index in [2.05, 4.69) is 26.0 Å². The summed E-state index contributed by atoms with van der Waals surface area (Å²) in [7, 11) is 3.37. The van der Waals surface area contributed by atoms with Gasteiger partial charge in [-0.05, 0) is 35.1 Å². The van der Waals surface area contributed by atoms with Crippen molar-refractivity contribution in [2.45, 2.75) is 38.1 Å². The van der Waals surface area contributed by atoms with E-state index in [0.717, 1.165) is 28.2 Å². The number of fused-ring (bicyclic) bond motifs is 8. The molecule has 4 aliphatic heterocycles. The van der Waals surface area contributed by atoms with Crippen molar-refractivity contribution in [3.05, 3.63) is 40.4 Å². The number of benzene rings is 1. The van der Waals surface area contributed by atoms with E-state index in [4.69, 9.17) is 33.2 Å². The molecule has 0 radical (unpaired) electrons. The van der Waals surface area contributed by atoms with Gasteiger partial charge in [-0.25, -0.2) is 0 Å². The van der Waals surface area contributed by atoms with Gasteiger partial charge in [-0.2, -0.15) is 0 Å². The summed E-state index contributed by atoms with van der Waals surface area (Å²) in [4.78, 5) is 0. The summed E-state index contributed by atoms with van der Waals surface area (Å²) in [6, 6.07) is 2.06. The number of rotatable bonds is 2. The van der Waals surface area contributed by atoms with Crippen LogP contribution in [0.5, 0.6) is 17.2 Å². The van der Waals surface area contributed by atoms with Crippen molar-refractivity contribution >= 4 is 0 Å². The maximum absolute atomic E-state index is 6.65. The van der Waals surface area contributed by atoms with Crippen LogP contribution in [-0.2, 0) is 18.9 Å². The molecule has 2 bridgehead atoms. The van der Waals surface area contributed by atoms with Gasteiger partial charge in [0.1, 0.15) is 6.10 Å². The van der Waals surface area contributed by atoms with Gasteiger partial charge >= 0.3 is 0 Å². The SMILES string of the molecule is COc1c2c(cc3c1C1C(=CC4=C(OCO4)C1OC)C1OC3C(C)C1C)OCO2. The first-order chi connectivity index (χ1) is 14.1. The Bertz CT molecular complexity index is 949. The summed E-state index contributed by atoms with van der Waals surface area (Å²) < 4.78 is 41.6. The van der Waals surface area contributed by atoms with Crippen molar-refractivity contribution in [1.82, 2.24) is 0 Å². The maximum atomic E-state index is 6.65. The lowest BCUT2D eigenvalue weighted by atomic mass is 9.70. The molecular weight excluding hydrogens is 376 g/mol. The number of methoxy groups -OCH3 is 2. The molecule has 0 amide bonds. The van der Waals surface area contributed by atoms with Gasteiger partial charge in [0, 0.05) is 18.6 Å². The summed E-state index contributed by atoms with van der Waals surface area (Å²) in [6.45, 7) is 4.88. The third kappa shape index (κ3) is 2.15. The molecule has 0 aromatic heterocycles. The number of ether oxygens (including phenoxy) is 7. The minimum absolute atomic E-state index is 0.0373. The molecule has 6 atom stereocenters. The van der Waals surface area contributed by atoms with Gasteiger partial charge in [0.05, 0.1) is 19.3 Å². The highest BCUT2D eigenvalue weighted by Crippen LogP contribution is 2.60. The quantitative estimate of drug-likeness (QED) is 0.754. The summed E-state index contributed by atoms with van der Waals surface area (Å²) in [5.41, 5.74) is 3.24. The Morgan fingerprint density at radius 1 is 0.966 bits per heavy atom. The number of allylic oxidation sites excluding steroid dienone is 1. The van der Waals surface area contributed by atoms with E-state index >= 15 is 0 Å². The highest BCUT2D eigenvalue weighted by Gasteiger charge is 2.54. The maximum Gasteiger partial charge on any atom is 0.231 e. The second kappa shape index (κ2) is 6.06. The molecule has 1 aromatic carbocycles. The van der Waals surface area contributed by atoms with Crippen LogP contribution in [0.4, 0.5) is 0 Å². The average Bonchev–Trinajstić information content (AvgIpc) is 3.43. The molecule has 4 heterocycles. The van der Waals surface area contributed by atoms with E-state index in [1.807, 2.05) is 0 Å². The van der Waals surface area contributed by atoms with E-state index in [9.17, 15) is 0 Å². The number of hydrogen-bond acceptors (Lipinski definition) is 7. The third-order valence-electron chi connectivity index (χ3n) is 7.06. The van der Waals surface area contributed by atoms with Crippen molar-refractivity contribution in [3.63, 3.8) is 0 Å². The lowest BCUT2D eigenvalue weighted by Gasteiger charge is -2.36. The first kappa shape index (κ1) is 17.5. The van der Waals surface area contributed by atoms with E-state index in [1.165, 1.54) is 0 Å². The van der Waals surface area contributed by atoms with Crippen LogP contribution in [0, 0.1) is 11.8 Å². The van der Waals surface area contributed by atoms with Crippen LogP contribution in [0.3, 0.4) is 0 Å². The second-order valence-corrected chi connectivity index (χ2v) is 8.26. The van der Waals surface area contributed by atoms with E-state index in [1.54, 1.807) is 14.2 Å². The fraction of sp³-hybridized carbons (Fsp3) is 0.545. The van der Waals surface area contributed by atoms with E-state index < -0.39 is 0 Å². The normalized spacial score (nSPS) is 35.8. The van der Waals surface area contributed by atoms with Crippen LogP contribution in [-0.4, -0.2) is 40.0 Å². The first-order valence-electron chi connectivity index (χ1n) is 10.0. The summed E-state index contributed by atoms with van der Waals surface area (Å²) in [5.74, 6) is 4.05. The molecule has 1 saturated heterocycles. The van der Waals surface area contributed by atoms with Crippen molar-refractivity contribution in [1.29, 1.82) is 0 Å². The topological polar surface area (TPSA) is 64.6 Å². The van der Waals surface area contributed by atoms with Crippen LogP contribution < -0.4 is 14.2 Å². The fourth-order valence-electron chi connectivity index (χ4n) is 5.52. The highest BCUT2D eigenvalue weighted by atomic mass is 16.7. The zero-order chi connectivity index (χ0) is 19.9. The zero-order valence-electron chi connectivity index (χ0n) is 16.9. The molecular formula is C22H24O7. The molecule has 29 heavy (non-hydrogen) atoms. The van der Waals surface area contributed by atoms with Gasteiger partial charge in [-0.15, -0.1) is 0 Å². The zero-order valence-corrected chi connectivity index (χ0v) is 16.9. The summed E-state index contributed by atoms with van der Waals surface area (Å²) in [6.07, 6.45) is 1.66. The molecule has 7 nitrogen and oxygen atoms in total. The molecule has 5 aliphatic rings. The van der Waals surface area contributed by atoms with Gasteiger partial charge in [0.25, 0.3) is 0 Å². The molecule has 1 aromatic rings. The smallest absolute Gasteiger partial charge is 0.231 e. The van der Waals surface area contributed by atoms with E-state index in [0.29, 0.717) is 29.1 Å². The highest BCUT2D eigenvalue weighted by molar-refractivity contribution is 5.65. The van der Waals surface area contributed by atoms with Crippen molar-refractivity contribution in [2.24, 2.45) is 11.8 Å². The molecule has 1 fully saturated rings. The standard InChI is InChI=1S/C22H24O7/c1-9-10(2)18-12-6-14-20(28-8-26-14)22(24-4)16(12)15-11(17(9)29-18)5-13-19(21(15)23-3)27-7-25-13/h5-6,9-10,15,17-18,21H,7-8H2,1-4H3. The second-order valence-electron chi connectivity index (χ2n) is 8.26. The largest absolute Gasteiger partial charge is 0.492 e. The first-order valence-corrected chi connectivity index (χ1v) is 10.0. The monoisotopic (exact) mass is 400 g/mol. The molecule has 0 N–H and O–H groups in total. The molecule has 0 spiro atoms. The van der Waals surface area contributed by atoms with Crippen molar-refractivity contribution in [3.8, 4) is 17.2 Å². The number of hydrogen-bond donors (Lipinski definition) is 0. The van der Waals surface area contributed by atoms with Gasteiger partial charge in [-0.3, -0.25) is 0 Å². The Balaban J connectivity index is 1.66. The predicted molar refractivity (Wildman–Crippen MR) is 101 cm³/mol. The molecule has 6 rings (SSSR count). The van der Waals surface area contributed by atoms with Gasteiger partial charge < -0.3 is 33.2 Å². The fourth-order valence-corrected chi connectivity index (χ4v) is 5.52. The minimum Gasteiger partial charge on any atom is -0.492 e. The van der Waals surface area contributed by atoms with Crippen molar-refractivity contribution in [2.75, 3.05) is 27.8 Å². The molecule has 1 aliphatic carbocycles. The molecule has 0 saturated carbocycles. The van der Waals surface area contributed by atoms with Crippen molar-refractivity contribution < 1.29 is 33.2 Å². The van der Waals surface area contributed by atoms with Crippen LogP contribution in [0.25, 0.3) is 0 Å². The summed E-state index contributed by atoms with van der Waals surface area (Å²) >= 11 is 0. The Hall–Kier alpha value is -2.38. The Morgan fingerprint density at radius 3 is 2.55 bits per heavy atom. The van der Waals surface area contributed by atoms with E-state index in [-0.39, 0.29) is 37.8 Å². The minimum atomic E-state index is -0.328. The van der Waals surface area contributed by atoms with Crippen LogP contribution in [0.2, 0.25) is 0 Å². The Morgan fingerprint density at radius 2 is 1.76 bits per heavy atom. The van der Waals surface area contributed by atoms with Crippen LogP contribution in [0.15, 0.2) is 29.2 Å². The van der Waals surface area contributed by atoms with Gasteiger partial charge in [0.15, 0.2) is 23.0 Å². The summed E-state index contributed by atoms with van der Waals surface area (Å²) in [5, 5.41) is 0. The third-order valence-corrected chi connectivity index (χ3v) is 7.06. The molecule has 6 unspecified atom stereocenters. The predicted octanol–water partition coefficient (Wildman–Crippen LogP) is 3.40. The molecule has 7 heteroatoms. The lowest BCUT2D eigenvalue weighted by molar-refractivity contribution is 0.0229.